The highest BCUT2D eigenvalue weighted by molar-refractivity contribution is 6.09. The van der Waals surface area contributed by atoms with Crippen molar-refractivity contribution in [3.8, 4) is 17.2 Å². The maximum absolute atomic E-state index is 12.8. The number of ketones is 1. The second kappa shape index (κ2) is 9.31. The van der Waals surface area contributed by atoms with Gasteiger partial charge in [-0.3, -0.25) is 4.79 Å². The van der Waals surface area contributed by atoms with Crippen LogP contribution in [0.25, 0.3) is 0 Å². The SMILES string of the molecule is Cc1ccc(OC(=O)c2ccc(C(=O)c3ccc(Oc4ccc(C)cc4)cc3)cc2)cc1. The monoisotopic (exact) mass is 422 g/mol. The lowest BCUT2D eigenvalue weighted by Crippen LogP contribution is -2.09. The first-order valence-corrected chi connectivity index (χ1v) is 10.3. The van der Waals surface area contributed by atoms with E-state index >= 15 is 0 Å². The van der Waals surface area contributed by atoms with Crippen molar-refractivity contribution in [2.75, 3.05) is 0 Å². The van der Waals surface area contributed by atoms with Gasteiger partial charge in [0.15, 0.2) is 5.78 Å². The minimum Gasteiger partial charge on any atom is -0.457 e. The summed E-state index contributed by atoms with van der Waals surface area (Å²) < 4.78 is 11.2. The van der Waals surface area contributed by atoms with Crippen molar-refractivity contribution in [3.05, 3.63) is 125 Å². The Hall–Kier alpha value is -4.18. The van der Waals surface area contributed by atoms with Crippen molar-refractivity contribution in [1.82, 2.24) is 0 Å². The van der Waals surface area contributed by atoms with E-state index in [1.54, 1.807) is 60.7 Å². The third-order valence-corrected chi connectivity index (χ3v) is 4.99. The molecule has 0 aliphatic heterocycles. The lowest BCUT2D eigenvalue weighted by molar-refractivity contribution is 0.0734. The molecule has 0 aliphatic rings. The van der Waals surface area contributed by atoms with Gasteiger partial charge in [-0.05, 0) is 74.5 Å². The van der Waals surface area contributed by atoms with E-state index in [2.05, 4.69) is 0 Å². The number of aryl methyl sites for hydroxylation is 2. The molecule has 0 spiro atoms. The highest BCUT2D eigenvalue weighted by Crippen LogP contribution is 2.23. The van der Waals surface area contributed by atoms with E-state index < -0.39 is 5.97 Å². The molecule has 4 aromatic carbocycles. The molecule has 4 rings (SSSR count). The van der Waals surface area contributed by atoms with Gasteiger partial charge < -0.3 is 9.47 Å². The predicted molar refractivity (Wildman–Crippen MR) is 124 cm³/mol. The molecule has 0 aliphatic carbocycles. The molecule has 0 heterocycles. The second-order valence-electron chi connectivity index (χ2n) is 7.55. The van der Waals surface area contributed by atoms with Crippen molar-refractivity contribution in [2.45, 2.75) is 13.8 Å². The van der Waals surface area contributed by atoms with Crippen LogP contribution in [0, 0.1) is 13.8 Å². The Kier molecular flexibility index (Phi) is 6.13. The molecule has 0 N–H and O–H groups in total. The first-order chi connectivity index (χ1) is 15.5. The number of hydrogen-bond acceptors (Lipinski definition) is 4. The largest absolute Gasteiger partial charge is 0.457 e. The third-order valence-electron chi connectivity index (χ3n) is 4.99. The Balaban J connectivity index is 1.41. The maximum atomic E-state index is 12.8. The van der Waals surface area contributed by atoms with Crippen LogP contribution in [-0.2, 0) is 0 Å². The fourth-order valence-electron chi connectivity index (χ4n) is 3.11. The number of ether oxygens (including phenoxy) is 2. The minimum atomic E-state index is -0.467. The van der Waals surface area contributed by atoms with Crippen LogP contribution in [0.2, 0.25) is 0 Å². The van der Waals surface area contributed by atoms with E-state index in [9.17, 15) is 9.59 Å². The summed E-state index contributed by atoms with van der Waals surface area (Å²) in [7, 11) is 0. The summed E-state index contributed by atoms with van der Waals surface area (Å²) in [6.45, 7) is 3.98. The van der Waals surface area contributed by atoms with Gasteiger partial charge in [-0.25, -0.2) is 4.79 Å². The average molecular weight is 422 g/mol. The van der Waals surface area contributed by atoms with Gasteiger partial charge in [-0.2, -0.15) is 0 Å². The smallest absolute Gasteiger partial charge is 0.343 e. The van der Waals surface area contributed by atoms with Crippen molar-refractivity contribution in [2.24, 2.45) is 0 Å². The summed E-state index contributed by atoms with van der Waals surface area (Å²) in [5, 5.41) is 0. The number of carbonyl (C=O) groups excluding carboxylic acids is 2. The van der Waals surface area contributed by atoms with Crippen molar-refractivity contribution < 1.29 is 19.1 Å². The number of esters is 1. The Morgan fingerprint density at radius 3 is 1.38 bits per heavy atom. The lowest BCUT2D eigenvalue weighted by atomic mass is 10.0. The number of rotatable bonds is 6. The summed E-state index contributed by atoms with van der Waals surface area (Å²) in [6.07, 6.45) is 0. The van der Waals surface area contributed by atoms with Gasteiger partial charge in [0.1, 0.15) is 17.2 Å². The molecule has 0 radical (unpaired) electrons. The quantitative estimate of drug-likeness (QED) is 0.201. The van der Waals surface area contributed by atoms with E-state index in [4.69, 9.17) is 9.47 Å². The minimum absolute atomic E-state index is 0.134. The summed E-state index contributed by atoms with van der Waals surface area (Å²) in [4.78, 5) is 25.1. The molecule has 0 fully saturated rings. The fraction of sp³-hybridized carbons (Fsp3) is 0.0714. The number of benzene rings is 4. The molecule has 0 bridgehead atoms. The predicted octanol–water partition coefficient (Wildman–Crippen LogP) is 6.55. The first kappa shape index (κ1) is 21.1. The van der Waals surface area contributed by atoms with E-state index in [-0.39, 0.29) is 5.78 Å². The molecular weight excluding hydrogens is 400 g/mol. The zero-order chi connectivity index (χ0) is 22.5. The van der Waals surface area contributed by atoms with Gasteiger partial charge in [0.2, 0.25) is 0 Å². The van der Waals surface area contributed by atoms with Crippen LogP contribution in [-0.4, -0.2) is 11.8 Å². The van der Waals surface area contributed by atoms with Crippen LogP contribution < -0.4 is 9.47 Å². The molecule has 32 heavy (non-hydrogen) atoms. The Morgan fingerprint density at radius 2 is 0.875 bits per heavy atom. The Labute approximate surface area is 187 Å². The molecule has 4 aromatic rings. The van der Waals surface area contributed by atoms with Crippen LogP contribution >= 0.6 is 0 Å². The van der Waals surface area contributed by atoms with Crippen LogP contribution in [0.15, 0.2) is 97.1 Å². The number of carbonyl (C=O) groups is 2. The second-order valence-corrected chi connectivity index (χ2v) is 7.55. The van der Waals surface area contributed by atoms with E-state index in [1.165, 1.54) is 0 Å². The Morgan fingerprint density at radius 1 is 0.500 bits per heavy atom. The molecule has 4 heteroatoms. The first-order valence-electron chi connectivity index (χ1n) is 10.3. The summed E-state index contributed by atoms with van der Waals surface area (Å²) in [5.41, 5.74) is 3.65. The summed E-state index contributed by atoms with van der Waals surface area (Å²) >= 11 is 0. The standard InChI is InChI=1S/C28H22O4/c1-19-3-13-24(14-4-19)31-25-17-11-22(12-18-25)27(29)21-7-9-23(10-8-21)28(30)32-26-15-5-20(2)6-16-26/h3-18H,1-2H3. The van der Waals surface area contributed by atoms with Gasteiger partial charge >= 0.3 is 5.97 Å². The van der Waals surface area contributed by atoms with Crippen LogP contribution in [0.4, 0.5) is 0 Å². The lowest BCUT2D eigenvalue weighted by Gasteiger charge is -2.08. The van der Waals surface area contributed by atoms with Gasteiger partial charge in [0, 0.05) is 11.1 Å². The van der Waals surface area contributed by atoms with Crippen LogP contribution in [0.1, 0.15) is 37.4 Å². The van der Waals surface area contributed by atoms with Gasteiger partial charge in [0.05, 0.1) is 5.56 Å². The van der Waals surface area contributed by atoms with Crippen LogP contribution in [0.5, 0.6) is 17.2 Å². The van der Waals surface area contributed by atoms with Gasteiger partial charge in [-0.15, -0.1) is 0 Å². The molecule has 0 saturated heterocycles. The van der Waals surface area contributed by atoms with Gasteiger partial charge in [0.25, 0.3) is 0 Å². The number of hydrogen-bond donors (Lipinski definition) is 0. The zero-order valence-electron chi connectivity index (χ0n) is 17.9. The summed E-state index contributed by atoms with van der Waals surface area (Å²) in [5.74, 6) is 1.27. The molecule has 0 aromatic heterocycles. The highest BCUT2D eigenvalue weighted by atomic mass is 16.5. The van der Waals surface area contributed by atoms with E-state index in [0.717, 1.165) is 16.9 Å². The summed E-state index contributed by atoms with van der Waals surface area (Å²) in [6, 6.07) is 28.4. The maximum Gasteiger partial charge on any atom is 0.343 e. The van der Waals surface area contributed by atoms with Crippen LogP contribution in [0.3, 0.4) is 0 Å². The molecule has 158 valence electrons. The molecular formula is C28H22O4. The van der Waals surface area contributed by atoms with Crippen molar-refractivity contribution in [1.29, 1.82) is 0 Å². The van der Waals surface area contributed by atoms with Gasteiger partial charge in [-0.1, -0.05) is 47.5 Å². The third kappa shape index (κ3) is 5.10. The highest BCUT2D eigenvalue weighted by Gasteiger charge is 2.13. The van der Waals surface area contributed by atoms with Crippen molar-refractivity contribution in [3.63, 3.8) is 0 Å². The van der Waals surface area contributed by atoms with E-state index in [0.29, 0.717) is 28.2 Å². The molecule has 0 saturated carbocycles. The Bertz CT molecular complexity index is 1220. The molecule has 0 amide bonds. The van der Waals surface area contributed by atoms with E-state index in [1.807, 2.05) is 50.2 Å². The topological polar surface area (TPSA) is 52.6 Å². The molecule has 4 nitrogen and oxygen atoms in total. The molecule has 0 atom stereocenters. The average Bonchev–Trinajstić information content (AvgIpc) is 2.82. The normalized spacial score (nSPS) is 10.4. The van der Waals surface area contributed by atoms with Crippen molar-refractivity contribution >= 4 is 11.8 Å². The molecule has 0 unspecified atom stereocenters. The zero-order valence-corrected chi connectivity index (χ0v) is 17.9. The fourth-order valence-corrected chi connectivity index (χ4v) is 3.11.